The molecule has 0 spiro atoms. The second-order valence-corrected chi connectivity index (χ2v) is 5.80. The summed E-state index contributed by atoms with van der Waals surface area (Å²) in [5.41, 5.74) is 3.16. The second-order valence-electron chi connectivity index (χ2n) is 5.80. The molecule has 0 aromatic rings. The van der Waals surface area contributed by atoms with E-state index in [1.165, 1.54) is 63.4 Å². The van der Waals surface area contributed by atoms with E-state index in [0.29, 0.717) is 0 Å². The molecule has 0 bridgehead atoms. The largest absolute Gasteiger partial charge is 0.103 e. The maximum atomic E-state index is 3.76. The molecular formula is C21H36. The predicted octanol–water partition coefficient (Wildman–Crippen LogP) is 7.54. The first-order chi connectivity index (χ1) is 10.2. The maximum absolute atomic E-state index is 3.76. The van der Waals surface area contributed by atoms with E-state index in [1.54, 1.807) is 5.57 Å². The van der Waals surface area contributed by atoms with Crippen LogP contribution in [-0.4, -0.2) is 0 Å². The van der Waals surface area contributed by atoms with Gasteiger partial charge in [-0.2, -0.15) is 0 Å². The number of hydrogen-bond donors (Lipinski definition) is 0. The maximum Gasteiger partial charge on any atom is -0.0288 e. The SMILES string of the molecule is C=CCCCC=C(C)CCC=CCCCC(=CCC)CC. The predicted molar refractivity (Wildman–Crippen MR) is 98.7 cm³/mol. The Kier molecular flexibility index (Phi) is 14.6. The van der Waals surface area contributed by atoms with Crippen molar-refractivity contribution in [3.8, 4) is 0 Å². The van der Waals surface area contributed by atoms with Gasteiger partial charge in [-0.15, -0.1) is 6.58 Å². The van der Waals surface area contributed by atoms with Gasteiger partial charge in [0.25, 0.3) is 0 Å². The van der Waals surface area contributed by atoms with Crippen LogP contribution in [0.2, 0.25) is 0 Å². The molecule has 0 radical (unpaired) electrons. The van der Waals surface area contributed by atoms with Crippen LogP contribution in [0, 0.1) is 0 Å². The molecule has 0 heterocycles. The summed E-state index contributed by atoms with van der Waals surface area (Å²) in [5, 5.41) is 0. The summed E-state index contributed by atoms with van der Waals surface area (Å²) in [6, 6.07) is 0. The third kappa shape index (κ3) is 13.7. The highest BCUT2D eigenvalue weighted by Crippen LogP contribution is 2.13. The molecule has 0 heteroatoms. The monoisotopic (exact) mass is 288 g/mol. The molecule has 21 heavy (non-hydrogen) atoms. The normalized spacial score (nSPS) is 13.1. The summed E-state index contributed by atoms with van der Waals surface area (Å²) in [7, 11) is 0. The molecule has 0 nitrogen and oxygen atoms in total. The van der Waals surface area contributed by atoms with Gasteiger partial charge in [0, 0.05) is 0 Å². The Labute approximate surface area is 133 Å². The zero-order chi connectivity index (χ0) is 15.8. The lowest BCUT2D eigenvalue weighted by Gasteiger charge is -2.02. The van der Waals surface area contributed by atoms with Gasteiger partial charge in [-0.3, -0.25) is 0 Å². The quantitative estimate of drug-likeness (QED) is 0.242. The highest BCUT2D eigenvalue weighted by Gasteiger charge is 1.93. The number of rotatable bonds is 13. The highest BCUT2D eigenvalue weighted by atomic mass is 14.0. The van der Waals surface area contributed by atoms with Crippen molar-refractivity contribution >= 4 is 0 Å². The average Bonchev–Trinajstić information content (AvgIpc) is 2.49. The lowest BCUT2D eigenvalue weighted by molar-refractivity contribution is 0.794. The molecule has 0 aliphatic carbocycles. The van der Waals surface area contributed by atoms with Crippen LogP contribution in [-0.2, 0) is 0 Å². The molecule has 0 aliphatic rings. The summed E-state index contributed by atoms with van der Waals surface area (Å²) in [6.45, 7) is 10.5. The molecule has 0 N–H and O–H groups in total. The van der Waals surface area contributed by atoms with Gasteiger partial charge >= 0.3 is 0 Å². The Morgan fingerprint density at radius 3 is 2.29 bits per heavy atom. The van der Waals surface area contributed by atoms with Gasteiger partial charge in [0.1, 0.15) is 0 Å². The summed E-state index contributed by atoms with van der Waals surface area (Å²) >= 11 is 0. The van der Waals surface area contributed by atoms with Crippen LogP contribution < -0.4 is 0 Å². The smallest absolute Gasteiger partial charge is 0.0288 e. The fourth-order valence-electron chi connectivity index (χ4n) is 2.42. The third-order valence-corrected chi connectivity index (χ3v) is 3.79. The van der Waals surface area contributed by atoms with Crippen LogP contribution in [0.5, 0.6) is 0 Å². The summed E-state index contributed by atoms with van der Waals surface area (Å²) in [6.07, 6.45) is 23.7. The summed E-state index contributed by atoms with van der Waals surface area (Å²) in [5.74, 6) is 0. The summed E-state index contributed by atoms with van der Waals surface area (Å²) in [4.78, 5) is 0. The molecule has 0 saturated carbocycles. The third-order valence-electron chi connectivity index (χ3n) is 3.79. The van der Waals surface area contributed by atoms with Crippen molar-refractivity contribution in [2.75, 3.05) is 0 Å². The molecule has 0 aliphatic heterocycles. The van der Waals surface area contributed by atoms with Gasteiger partial charge in [-0.05, 0) is 71.1 Å². The lowest BCUT2D eigenvalue weighted by atomic mass is 10.0. The van der Waals surface area contributed by atoms with Crippen molar-refractivity contribution in [2.24, 2.45) is 0 Å². The molecule has 0 aromatic heterocycles. The van der Waals surface area contributed by atoms with E-state index >= 15 is 0 Å². The van der Waals surface area contributed by atoms with E-state index < -0.39 is 0 Å². The minimum absolute atomic E-state index is 1.13. The minimum Gasteiger partial charge on any atom is -0.103 e. The number of unbranched alkanes of at least 4 members (excludes halogenated alkanes) is 3. The molecule has 0 amide bonds. The summed E-state index contributed by atoms with van der Waals surface area (Å²) < 4.78 is 0. The minimum atomic E-state index is 1.13. The van der Waals surface area contributed by atoms with E-state index in [-0.39, 0.29) is 0 Å². The first-order valence-electron chi connectivity index (χ1n) is 8.84. The van der Waals surface area contributed by atoms with Gasteiger partial charge in [0.15, 0.2) is 0 Å². The van der Waals surface area contributed by atoms with Crippen molar-refractivity contribution in [3.05, 3.63) is 48.1 Å². The van der Waals surface area contributed by atoms with E-state index in [4.69, 9.17) is 0 Å². The Balaban J connectivity index is 3.63. The van der Waals surface area contributed by atoms with Gasteiger partial charge in [-0.1, -0.05) is 55.4 Å². The lowest BCUT2D eigenvalue weighted by Crippen LogP contribution is -1.82. The Bertz CT molecular complexity index is 328. The fourth-order valence-corrected chi connectivity index (χ4v) is 2.42. The van der Waals surface area contributed by atoms with E-state index in [0.717, 1.165) is 6.42 Å². The first kappa shape index (κ1) is 20.0. The Morgan fingerprint density at radius 2 is 1.62 bits per heavy atom. The van der Waals surface area contributed by atoms with Crippen LogP contribution in [0.15, 0.2) is 48.1 Å². The van der Waals surface area contributed by atoms with E-state index in [2.05, 4.69) is 51.7 Å². The standard InChI is InChI=1S/C21H36/c1-5-8-9-13-17-20(4)18-14-11-10-12-15-19-21(7-3)16-6-2/h5,10-11,16-17H,1,6-9,12-15,18-19H2,2-4H3. The molecule has 0 rings (SSSR count). The topological polar surface area (TPSA) is 0 Å². The number of hydrogen-bond acceptors (Lipinski definition) is 0. The zero-order valence-electron chi connectivity index (χ0n) is 14.7. The molecule has 0 fully saturated rings. The van der Waals surface area contributed by atoms with Gasteiger partial charge in [0.05, 0.1) is 0 Å². The van der Waals surface area contributed by atoms with Crippen LogP contribution in [0.25, 0.3) is 0 Å². The zero-order valence-corrected chi connectivity index (χ0v) is 14.7. The fraction of sp³-hybridized carbons (Fsp3) is 0.619. The highest BCUT2D eigenvalue weighted by molar-refractivity contribution is 5.02. The van der Waals surface area contributed by atoms with Crippen molar-refractivity contribution in [2.45, 2.75) is 85.0 Å². The molecule has 0 atom stereocenters. The van der Waals surface area contributed by atoms with Gasteiger partial charge < -0.3 is 0 Å². The van der Waals surface area contributed by atoms with E-state index in [1.807, 2.05) is 6.08 Å². The van der Waals surface area contributed by atoms with Crippen molar-refractivity contribution < 1.29 is 0 Å². The molecule has 120 valence electrons. The van der Waals surface area contributed by atoms with E-state index in [9.17, 15) is 0 Å². The van der Waals surface area contributed by atoms with Crippen LogP contribution in [0.1, 0.15) is 85.0 Å². The molecular weight excluding hydrogens is 252 g/mol. The molecule has 0 aromatic carbocycles. The van der Waals surface area contributed by atoms with Gasteiger partial charge in [0.2, 0.25) is 0 Å². The van der Waals surface area contributed by atoms with Crippen LogP contribution >= 0.6 is 0 Å². The molecule has 0 unspecified atom stereocenters. The Morgan fingerprint density at radius 1 is 0.857 bits per heavy atom. The number of allylic oxidation sites excluding steroid dienone is 7. The Hall–Kier alpha value is -1.04. The van der Waals surface area contributed by atoms with Gasteiger partial charge in [-0.25, -0.2) is 0 Å². The average molecular weight is 289 g/mol. The second kappa shape index (κ2) is 15.4. The first-order valence-corrected chi connectivity index (χ1v) is 8.84. The van der Waals surface area contributed by atoms with Crippen LogP contribution in [0.3, 0.4) is 0 Å². The van der Waals surface area contributed by atoms with Crippen molar-refractivity contribution in [1.82, 2.24) is 0 Å². The van der Waals surface area contributed by atoms with Crippen molar-refractivity contribution in [3.63, 3.8) is 0 Å². The van der Waals surface area contributed by atoms with Crippen molar-refractivity contribution in [1.29, 1.82) is 0 Å². The van der Waals surface area contributed by atoms with Crippen LogP contribution in [0.4, 0.5) is 0 Å². The molecule has 0 saturated heterocycles.